The largest absolute Gasteiger partial charge is 0.497 e. The monoisotopic (exact) mass is 222 g/mol. The van der Waals surface area contributed by atoms with Crippen molar-refractivity contribution in [2.24, 2.45) is 5.73 Å². The minimum atomic E-state index is -0.967. The van der Waals surface area contributed by atoms with Crippen LogP contribution in [0.1, 0.15) is 5.56 Å². The molecule has 1 rings (SSSR count). The van der Waals surface area contributed by atoms with Gasteiger partial charge in [0.1, 0.15) is 5.75 Å². The normalized spacial score (nSPS) is 9.56. The Kier molecular flexibility index (Phi) is 4.32. The topological polar surface area (TPSA) is 81.4 Å². The lowest BCUT2D eigenvalue weighted by atomic mass is 10.1. The van der Waals surface area contributed by atoms with Gasteiger partial charge in [0.25, 0.3) is 0 Å². The molecule has 0 bridgehead atoms. The van der Waals surface area contributed by atoms with Crippen molar-refractivity contribution in [3.63, 3.8) is 0 Å². The Morgan fingerprint density at radius 2 is 2.19 bits per heavy atom. The summed E-state index contributed by atoms with van der Waals surface area (Å²) in [5.74, 6) is -0.965. The van der Waals surface area contributed by atoms with E-state index in [9.17, 15) is 9.59 Å². The van der Waals surface area contributed by atoms with E-state index in [0.717, 1.165) is 11.3 Å². The molecule has 0 aliphatic rings. The van der Waals surface area contributed by atoms with Crippen LogP contribution in [0.15, 0.2) is 24.3 Å². The molecule has 0 radical (unpaired) electrons. The van der Waals surface area contributed by atoms with Gasteiger partial charge in [-0.3, -0.25) is 9.59 Å². The van der Waals surface area contributed by atoms with Gasteiger partial charge in [-0.1, -0.05) is 12.1 Å². The Bertz CT molecular complexity index is 391. The molecule has 0 spiro atoms. The van der Waals surface area contributed by atoms with E-state index in [-0.39, 0.29) is 0 Å². The maximum atomic E-state index is 10.8. The molecule has 3 N–H and O–H groups in total. The smallest absolute Gasteiger partial charge is 0.309 e. The van der Waals surface area contributed by atoms with Gasteiger partial charge in [0.15, 0.2) is 0 Å². The molecule has 16 heavy (non-hydrogen) atoms. The number of methoxy groups -OCH3 is 1. The third-order valence-corrected chi connectivity index (χ3v) is 2.06. The van der Waals surface area contributed by atoms with Gasteiger partial charge in [-0.05, 0) is 24.1 Å². The first-order chi connectivity index (χ1) is 7.63. The zero-order valence-electron chi connectivity index (χ0n) is 9.03. The van der Waals surface area contributed by atoms with E-state index in [1.165, 1.54) is 0 Å². The Morgan fingerprint density at radius 3 is 2.81 bits per heavy atom. The highest BCUT2D eigenvalue weighted by molar-refractivity contribution is 6.34. The third kappa shape index (κ3) is 3.61. The predicted octanol–water partition coefficient (Wildman–Crippen LogP) is -0.161. The van der Waals surface area contributed by atoms with Crippen LogP contribution in [0.5, 0.6) is 5.75 Å². The Balaban J connectivity index is 2.42. The van der Waals surface area contributed by atoms with E-state index in [2.05, 4.69) is 5.32 Å². The van der Waals surface area contributed by atoms with Crippen LogP contribution in [0, 0.1) is 0 Å². The second-order valence-corrected chi connectivity index (χ2v) is 3.22. The number of hydrogen-bond donors (Lipinski definition) is 2. The number of primary amides is 1. The second kappa shape index (κ2) is 5.75. The number of rotatable bonds is 4. The molecule has 5 nitrogen and oxygen atoms in total. The van der Waals surface area contributed by atoms with Crippen LogP contribution in [0.4, 0.5) is 0 Å². The maximum absolute atomic E-state index is 10.8. The van der Waals surface area contributed by atoms with Crippen molar-refractivity contribution < 1.29 is 14.3 Å². The van der Waals surface area contributed by atoms with Crippen LogP contribution in [0.25, 0.3) is 0 Å². The van der Waals surface area contributed by atoms with Crippen molar-refractivity contribution in [1.29, 1.82) is 0 Å². The number of amides is 2. The van der Waals surface area contributed by atoms with E-state index < -0.39 is 11.8 Å². The first-order valence-electron chi connectivity index (χ1n) is 4.84. The number of hydrogen-bond acceptors (Lipinski definition) is 3. The molecule has 0 unspecified atom stereocenters. The molecule has 0 atom stereocenters. The van der Waals surface area contributed by atoms with Gasteiger partial charge in [-0.25, -0.2) is 0 Å². The van der Waals surface area contributed by atoms with Crippen molar-refractivity contribution in [1.82, 2.24) is 5.32 Å². The molecule has 0 aromatic heterocycles. The molecular weight excluding hydrogens is 208 g/mol. The summed E-state index contributed by atoms with van der Waals surface area (Å²) in [5, 5.41) is 2.41. The summed E-state index contributed by atoms with van der Waals surface area (Å²) in [4.78, 5) is 21.3. The summed E-state index contributed by atoms with van der Waals surface area (Å²) in [7, 11) is 1.59. The van der Waals surface area contributed by atoms with Gasteiger partial charge in [0, 0.05) is 6.54 Å². The number of nitrogens with two attached hydrogens (primary N) is 1. The number of ether oxygens (including phenoxy) is 1. The Hall–Kier alpha value is -2.04. The van der Waals surface area contributed by atoms with Crippen molar-refractivity contribution >= 4 is 11.8 Å². The van der Waals surface area contributed by atoms with Gasteiger partial charge < -0.3 is 15.8 Å². The standard InChI is InChI=1S/C11H14N2O3/c1-16-9-4-2-3-8(7-9)5-6-13-11(15)10(12)14/h2-4,7H,5-6H2,1H3,(H2,12,14)(H,13,15). The van der Waals surface area contributed by atoms with Gasteiger partial charge in [0.2, 0.25) is 0 Å². The van der Waals surface area contributed by atoms with Crippen LogP contribution in [0.2, 0.25) is 0 Å². The number of benzene rings is 1. The fourth-order valence-corrected chi connectivity index (χ4v) is 1.24. The van der Waals surface area contributed by atoms with Crippen molar-refractivity contribution in [2.75, 3.05) is 13.7 Å². The van der Waals surface area contributed by atoms with Crippen molar-refractivity contribution in [3.05, 3.63) is 29.8 Å². The maximum Gasteiger partial charge on any atom is 0.309 e. The van der Waals surface area contributed by atoms with E-state index in [0.29, 0.717) is 13.0 Å². The molecule has 0 aliphatic heterocycles. The lowest BCUT2D eigenvalue weighted by Gasteiger charge is -2.05. The van der Waals surface area contributed by atoms with E-state index in [4.69, 9.17) is 10.5 Å². The molecular formula is C11H14N2O3. The van der Waals surface area contributed by atoms with Crippen LogP contribution >= 0.6 is 0 Å². The van der Waals surface area contributed by atoms with Crippen molar-refractivity contribution in [2.45, 2.75) is 6.42 Å². The molecule has 0 saturated heterocycles. The second-order valence-electron chi connectivity index (χ2n) is 3.22. The van der Waals surface area contributed by atoms with E-state index in [1.807, 2.05) is 24.3 Å². The number of carbonyl (C=O) groups is 2. The SMILES string of the molecule is COc1cccc(CCNC(=O)C(N)=O)c1. The van der Waals surface area contributed by atoms with E-state index in [1.54, 1.807) is 7.11 Å². The molecule has 2 amide bonds. The summed E-state index contributed by atoms with van der Waals surface area (Å²) >= 11 is 0. The molecule has 86 valence electrons. The molecule has 0 fully saturated rings. The summed E-state index contributed by atoms with van der Waals surface area (Å²) in [6.45, 7) is 0.370. The molecule has 5 heteroatoms. The molecule has 0 saturated carbocycles. The summed E-state index contributed by atoms with van der Waals surface area (Å²) in [5.41, 5.74) is 5.81. The Morgan fingerprint density at radius 1 is 1.44 bits per heavy atom. The highest BCUT2D eigenvalue weighted by Crippen LogP contribution is 2.12. The molecule has 0 heterocycles. The average molecular weight is 222 g/mol. The van der Waals surface area contributed by atoms with Crippen LogP contribution < -0.4 is 15.8 Å². The molecule has 1 aromatic carbocycles. The minimum Gasteiger partial charge on any atom is -0.497 e. The summed E-state index contributed by atoms with van der Waals surface area (Å²) < 4.78 is 5.06. The Labute approximate surface area is 93.6 Å². The predicted molar refractivity (Wildman–Crippen MR) is 58.9 cm³/mol. The minimum absolute atomic E-state index is 0.370. The average Bonchev–Trinajstić information content (AvgIpc) is 2.29. The highest BCUT2D eigenvalue weighted by atomic mass is 16.5. The molecule has 0 aliphatic carbocycles. The van der Waals surface area contributed by atoms with E-state index >= 15 is 0 Å². The first kappa shape index (κ1) is 12.0. The van der Waals surface area contributed by atoms with Crippen LogP contribution in [0.3, 0.4) is 0 Å². The zero-order chi connectivity index (χ0) is 12.0. The fraction of sp³-hybridized carbons (Fsp3) is 0.273. The lowest BCUT2D eigenvalue weighted by molar-refractivity contribution is -0.137. The number of carbonyl (C=O) groups excluding carboxylic acids is 2. The zero-order valence-corrected chi connectivity index (χ0v) is 9.03. The highest BCUT2D eigenvalue weighted by Gasteiger charge is 2.06. The summed E-state index contributed by atoms with van der Waals surface area (Å²) in [6, 6.07) is 7.49. The van der Waals surface area contributed by atoms with Gasteiger partial charge in [-0.15, -0.1) is 0 Å². The van der Waals surface area contributed by atoms with Crippen LogP contribution in [-0.2, 0) is 16.0 Å². The fourth-order valence-electron chi connectivity index (χ4n) is 1.24. The quantitative estimate of drug-likeness (QED) is 0.694. The summed E-state index contributed by atoms with van der Waals surface area (Å²) in [6.07, 6.45) is 0.621. The molecule has 1 aromatic rings. The lowest BCUT2D eigenvalue weighted by Crippen LogP contribution is -2.37. The van der Waals surface area contributed by atoms with Crippen molar-refractivity contribution in [3.8, 4) is 5.75 Å². The number of nitrogens with one attached hydrogen (secondary N) is 1. The van der Waals surface area contributed by atoms with Gasteiger partial charge in [-0.2, -0.15) is 0 Å². The third-order valence-electron chi connectivity index (χ3n) is 2.06. The first-order valence-corrected chi connectivity index (χ1v) is 4.84. The van der Waals surface area contributed by atoms with Gasteiger partial charge >= 0.3 is 11.8 Å². The van der Waals surface area contributed by atoms with Gasteiger partial charge in [0.05, 0.1) is 7.11 Å². The van der Waals surface area contributed by atoms with Crippen LogP contribution in [-0.4, -0.2) is 25.5 Å².